The van der Waals surface area contributed by atoms with E-state index >= 15 is 0 Å². The molecule has 2 aromatic carbocycles. The van der Waals surface area contributed by atoms with E-state index in [4.69, 9.17) is 15.2 Å². The van der Waals surface area contributed by atoms with E-state index in [1.807, 2.05) is 25.6 Å². The summed E-state index contributed by atoms with van der Waals surface area (Å²) < 4.78 is 41.0. The van der Waals surface area contributed by atoms with Gasteiger partial charge in [0.15, 0.2) is 0 Å². The second-order valence-corrected chi connectivity index (χ2v) is 19.6. The largest absolute Gasteiger partial charge is 0.524 e. The fraction of sp³-hybridized carbons (Fsp3) is 0.578. The zero-order chi connectivity index (χ0) is 50.3. The van der Waals surface area contributed by atoms with Crippen LogP contribution in [0.4, 0.5) is 9.18 Å². The molecule has 4 unspecified atom stereocenters. The number of benzene rings is 2. The van der Waals surface area contributed by atoms with Gasteiger partial charge in [-0.2, -0.15) is 11.8 Å². The molecule has 2 saturated heterocycles. The molecule has 21 nitrogen and oxygen atoms in total. The quantitative estimate of drug-likeness (QED) is 0.0280. The van der Waals surface area contributed by atoms with Crippen LogP contribution in [0, 0.1) is 5.92 Å². The first kappa shape index (κ1) is 56.3. The molecule has 6 atom stereocenters. The molecule has 11 N–H and O–H groups in total. The Labute approximate surface area is 405 Å². The number of carbonyl (C=O) groups is 7. The Balaban J connectivity index is 1.19. The molecule has 0 spiro atoms. The van der Waals surface area contributed by atoms with Gasteiger partial charge in [-0.05, 0) is 48.4 Å². The first-order valence-corrected chi connectivity index (χ1v) is 25.5. The molecule has 4 rings (SSSR count). The summed E-state index contributed by atoms with van der Waals surface area (Å²) in [5.41, 5.74) is 6.24. The van der Waals surface area contributed by atoms with E-state index in [-0.39, 0.29) is 99.5 Å². The Kier molecular flexibility index (Phi) is 23.6. The lowest BCUT2D eigenvalue weighted by molar-refractivity contribution is -0.133. The normalized spacial score (nSPS) is 17.7. The summed E-state index contributed by atoms with van der Waals surface area (Å²) in [7, 11) is -5.04. The Morgan fingerprint density at radius 2 is 1.41 bits per heavy atom. The number of carbonyl (C=O) groups excluding carboxylic acids is 7. The molecule has 0 aromatic heterocycles. The van der Waals surface area contributed by atoms with Gasteiger partial charge in [-0.15, -0.1) is 0 Å². The molecule has 2 aliphatic rings. The minimum absolute atomic E-state index is 0.0182. The van der Waals surface area contributed by atoms with Crippen molar-refractivity contribution in [2.24, 2.45) is 11.7 Å². The van der Waals surface area contributed by atoms with Crippen molar-refractivity contribution < 1.29 is 66.3 Å². The van der Waals surface area contributed by atoms with E-state index < -0.39 is 67.9 Å². The molecule has 2 aliphatic heterocycles. The van der Waals surface area contributed by atoms with Crippen LogP contribution in [0.2, 0.25) is 0 Å². The summed E-state index contributed by atoms with van der Waals surface area (Å²) in [5, 5.41) is 19.6. The van der Waals surface area contributed by atoms with Crippen LogP contribution in [0.5, 0.6) is 5.75 Å². The molecule has 382 valence electrons. The van der Waals surface area contributed by atoms with Crippen LogP contribution in [-0.2, 0) is 62.3 Å². The number of fused-ring (bicyclic) bond motifs is 1. The number of hydrogen-bond acceptors (Lipinski definition) is 12. The highest BCUT2D eigenvalue weighted by molar-refractivity contribution is 8.00. The smallest absolute Gasteiger partial charge is 0.404 e. The maximum absolute atomic E-state index is 14.0. The molecule has 2 fully saturated rings. The number of ether oxygens (including phenoxy) is 2. The van der Waals surface area contributed by atoms with E-state index in [2.05, 4.69) is 41.7 Å². The molecule has 0 bridgehead atoms. The first-order chi connectivity index (χ1) is 32.9. The van der Waals surface area contributed by atoms with Gasteiger partial charge >= 0.3 is 13.9 Å². The number of hydrogen-bond donors (Lipinski definition) is 10. The zero-order valence-corrected chi connectivity index (χ0v) is 40.6. The van der Waals surface area contributed by atoms with Gasteiger partial charge in [0.1, 0.15) is 30.5 Å². The number of thioether (sulfide) groups is 1. The first-order valence-electron chi connectivity index (χ1n) is 22.9. The van der Waals surface area contributed by atoms with E-state index in [1.165, 1.54) is 12.1 Å². The lowest BCUT2D eigenvalue weighted by atomic mass is 9.99. The third-order valence-electron chi connectivity index (χ3n) is 11.0. The molecule has 0 saturated carbocycles. The summed E-state index contributed by atoms with van der Waals surface area (Å²) >= 11 is 1.85. The zero-order valence-electron chi connectivity index (χ0n) is 38.9. The number of halogens is 1. The average Bonchev–Trinajstić information content (AvgIpc) is 3.85. The highest BCUT2D eigenvalue weighted by Gasteiger charge is 2.42. The summed E-state index contributed by atoms with van der Waals surface area (Å²) in [6.07, 6.45) is 2.39. The Hall–Kier alpha value is -5.32. The van der Waals surface area contributed by atoms with Gasteiger partial charge < -0.3 is 56.9 Å². The van der Waals surface area contributed by atoms with Crippen molar-refractivity contribution in [2.45, 2.75) is 114 Å². The van der Waals surface area contributed by atoms with E-state index in [1.54, 1.807) is 30.3 Å². The van der Waals surface area contributed by atoms with Gasteiger partial charge in [-0.1, -0.05) is 56.7 Å². The second kappa shape index (κ2) is 29.0. The summed E-state index contributed by atoms with van der Waals surface area (Å²) in [6.45, 7) is 3.96. The van der Waals surface area contributed by atoms with Crippen molar-refractivity contribution in [1.82, 2.24) is 37.2 Å². The van der Waals surface area contributed by atoms with Crippen molar-refractivity contribution in [2.75, 3.05) is 45.3 Å². The number of unbranched alkanes of at least 4 members (excludes halogenated alkanes) is 1. The van der Waals surface area contributed by atoms with Gasteiger partial charge in [-0.25, -0.2) is 13.8 Å². The number of nitrogens with two attached hydrogens (primary N) is 1. The van der Waals surface area contributed by atoms with E-state index in [0.29, 0.717) is 30.4 Å². The summed E-state index contributed by atoms with van der Waals surface area (Å²) in [6, 6.07) is 8.80. The predicted molar refractivity (Wildman–Crippen MR) is 253 cm³/mol. The molecular weight excluding hydrogens is 943 g/mol. The molecule has 24 heteroatoms. The topological polar surface area (TPSA) is 315 Å². The molecular formula is C45H66FN8O13PS. The van der Waals surface area contributed by atoms with Gasteiger partial charge in [0.2, 0.25) is 35.4 Å². The SMILES string of the molecule is CC(C)CC(NC(=O)C(Cc1ccc(OP(=O)(O)O)c(CF)c1)NC(=O)C(Cc1ccccc1)NC(=O)CCC(=O)NCCOCCOCCNC(=O)CCCCC1SC[C@H]2NC(=O)N[C@@H]12)C(N)=O. The van der Waals surface area contributed by atoms with Crippen LogP contribution in [-0.4, -0.2) is 132 Å². The number of primary amides is 1. The predicted octanol–water partition coefficient (Wildman–Crippen LogP) is 1.17. The summed E-state index contributed by atoms with van der Waals surface area (Å²) in [4.78, 5) is 108. The van der Waals surface area contributed by atoms with Crippen molar-refractivity contribution >= 4 is 61.1 Å². The number of alkyl halides is 1. The molecule has 69 heavy (non-hydrogen) atoms. The summed E-state index contributed by atoms with van der Waals surface area (Å²) in [5.74, 6) is -3.14. The van der Waals surface area contributed by atoms with Crippen molar-refractivity contribution in [3.8, 4) is 5.75 Å². The monoisotopic (exact) mass is 1010 g/mol. The Morgan fingerprint density at radius 1 is 0.797 bits per heavy atom. The fourth-order valence-electron chi connectivity index (χ4n) is 7.64. The minimum atomic E-state index is -5.04. The van der Waals surface area contributed by atoms with Crippen molar-refractivity contribution in [3.63, 3.8) is 0 Å². The maximum atomic E-state index is 14.0. The Bertz CT molecular complexity index is 2090. The molecule has 2 aromatic rings. The van der Waals surface area contributed by atoms with Crippen LogP contribution < -0.4 is 47.5 Å². The van der Waals surface area contributed by atoms with Crippen LogP contribution >= 0.6 is 19.6 Å². The highest BCUT2D eigenvalue weighted by Crippen LogP contribution is 2.39. The second-order valence-electron chi connectivity index (χ2n) is 17.1. The lowest BCUT2D eigenvalue weighted by Crippen LogP contribution is -2.57. The fourth-order valence-corrected chi connectivity index (χ4v) is 9.62. The van der Waals surface area contributed by atoms with Gasteiger partial charge in [0.25, 0.3) is 0 Å². The third kappa shape index (κ3) is 21.1. The molecule has 0 radical (unpaired) electrons. The molecule has 2 heterocycles. The standard InChI is InChI=1S/C45H66FN8O13PS/c1-28(2)22-32(42(47)58)51-44(60)34(25-30-12-13-36(31(23-30)26-46)67-68(62,63)64)52-43(59)33(24-29-8-4-3-5-9-29)50-40(57)15-14-39(56)49-17-19-66-21-20-65-18-16-48-38(55)11-7-6-10-37-41-35(27-69-37)53-45(61)54-41/h3-5,8-9,12-13,23,28,32-35,37,41H,6-7,10-11,14-22,24-27H2,1-2H3,(H2,47,58)(H,48,55)(H,49,56)(H,50,57)(H,51,60)(H,52,59)(H2,53,54,61)(H2,62,63,64)/t32?,33?,34?,35-,37?,41-/m1/s1. The minimum Gasteiger partial charge on any atom is -0.404 e. The third-order valence-corrected chi connectivity index (χ3v) is 13.0. The molecule has 8 amide bonds. The van der Waals surface area contributed by atoms with Gasteiger partial charge in [-0.3, -0.25) is 38.6 Å². The molecule has 0 aliphatic carbocycles. The average molecular weight is 1010 g/mol. The van der Waals surface area contributed by atoms with E-state index in [9.17, 15) is 52.3 Å². The van der Waals surface area contributed by atoms with Gasteiger partial charge in [0, 0.05) is 61.8 Å². The number of urea groups is 1. The van der Waals surface area contributed by atoms with Gasteiger partial charge in [0.05, 0.1) is 38.5 Å². The highest BCUT2D eigenvalue weighted by atomic mass is 32.2. The van der Waals surface area contributed by atoms with Crippen LogP contribution in [0.25, 0.3) is 0 Å². The number of phosphoric ester groups is 1. The van der Waals surface area contributed by atoms with Crippen LogP contribution in [0.3, 0.4) is 0 Å². The van der Waals surface area contributed by atoms with E-state index in [0.717, 1.165) is 31.1 Å². The van der Waals surface area contributed by atoms with Crippen molar-refractivity contribution in [3.05, 3.63) is 65.2 Å². The van der Waals surface area contributed by atoms with Crippen molar-refractivity contribution in [1.29, 1.82) is 0 Å². The number of amides is 8. The number of rotatable bonds is 32. The maximum Gasteiger partial charge on any atom is 0.524 e. The number of nitrogens with one attached hydrogen (secondary N) is 7. The number of phosphoric acid groups is 1. The Morgan fingerprint density at radius 3 is 2.03 bits per heavy atom. The lowest BCUT2D eigenvalue weighted by Gasteiger charge is -2.26. The van der Waals surface area contributed by atoms with Crippen LogP contribution in [0.1, 0.15) is 75.5 Å². The van der Waals surface area contributed by atoms with Crippen LogP contribution in [0.15, 0.2) is 48.5 Å².